The maximum absolute atomic E-state index is 13.0. The third-order valence-corrected chi connectivity index (χ3v) is 8.70. The Balaban J connectivity index is 1.94. The van der Waals surface area contributed by atoms with Gasteiger partial charge in [0.1, 0.15) is 0 Å². The van der Waals surface area contributed by atoms with E-state index in [1.54, 1.807) is 32.9 Å². The molecule has 1 heterocycles. The van der Waals surface area contributed by atoms with Gasteiger partial charge in [0.05, 0.1) is 16.3 Å². The first-order valence-electron chi connectivity index (χ1n) is 9.31. The molecule has 1 fully saturated rings. The fourth-order valence-corrected chi connectivity index (χ4v) is 6.98. The molecule has 2 aromatic carbocycles. The van der Waals surface area contributed by atoms with E-state index in [1.165, 1.54) is 4.31 Å². The lowest BCUT2D eigenvalue weighted by molar-refractivity contribution is 0.565. The zero-order valence-electron chi connectivity index (χ0n) is 16.3. The molecule has 0 spiro atoms. The van der Waals surface area contributed by atoms with Gasteiger partial charge in [0.15, 0.2) is 0 Å². The second-order valence-corrected chi connectivity index (χ2v) is 10.9. The highest BCUT2D eigenvalue weighted by Crippen LogP contribution is 2.31. The minimum atomic E-state index is -3.76. The van der Waals surface area contributed by atoms with Crippen LogP contribution in [0, 0.1) is 13.8 Å². The van der Waals surface area contributed by atoms with Crippen LogP contribution < -0.4 is 9.03 Å². The van der Waals surface area contributed by atoms with E-state index >= 15 is 0 Å². The van der Waals surface area contributed by atoms with Crippen LogP contribution in [0.25, 0.3) is 0 Å². The Kier molecular flexibility index (Phi) is 5.84. The van der Waals surface area contributed by atoms with Gasteiger partial charge in [0.2, 0.25) is 20.0 Å². The fraction of sp³-hybridized carbons (Fsp3) is 0.400. The van der Waals surface area contributed by atoms with Crippen LogP contribution in [0.2, 0.25) is 0 Å². The first-order chi connectivity index (χ1) is 13.1. The van der Waals surface area contributed by atoms with E-state index in [-0.39, 0.29) is 16.7 Å². The molecule has 1 saturated heterocycles. The van der Waals surface area contributed by atoms with Gasteiger partial charge < -0.3 is 0 Å². The molecule has 0 aromatic heterocycles. The van der Waals surface area contributed by atoms with E-state index in [1.807, 2.05) is 30.3 Å². The third-order valence-electron chi connectivity index (χ3n) is 4.98. The minimum absolute atomic E-state index is 0.126. The Hall–Kier alpha value is -1.90. The normalized spacial score (nSPS) is 18.0. The second-order valence-electron chi connectivity index (χ2n) is 7.26. The van der Waals surface area contributed by atoms with Crippen molar-refractivity contribution in [3.8, 4) is 0 Å². The summed E-state index contributed by atoms with van der Waals surface area (Å²) < 4.78 is 54.9. The van der Waals surface area contributed by atoms with Crippen LogP contribution in [0.1, 0.15) is 42.5 Å². The van der Waals surface area contributed by atoms with Crippen LogP contribution in [-0.2, 0) is 20.0 Å². The van der Waals surface area contributed by atoms with Crippen LogP contribution in [0.15, 0.2) is 47.4 Å². The summed E-state index contributed by atoms with van der Waals surface area (Å²) in [6.45, 7) is 5.63. The highest BCUT2D eigenvalue weighted by atomic mass is 32.2. The van der Waals surface area contributed by atoms with Crippen LogP contribution >= 0.6 is 0 Å². The lowest BCUT2D eigenvalue weighted by Gasteiger charge is -2.29. The van der Waals surface area contributed by atoms with Crippen molar-refractivity contribution in [2.24, 2.45) is 0 Å². The lowest BCUT2D eigenvalue weighted by Crippen LogP contribution is -2.38. The topological polar surface area (TPSA) is 83.6 Å². The summed E-state index contributed by atoms with van der Waals surface area (Å²) >= 11 is 0. The van der Waals surface area contributed by atoms with Gasteiger partial charge in [-0.1, -0.05) is 30.3 Å². The Morgan fingerprint density at radius 2 is 1.64 bits per heavy atom. The summed E-state index contributed by atoms with van der Waals surface area (Å²) in [6.07, 6.45) is 1.46. The minimum Gasteiger partial charge on any atom is -0.270 e. The van der Waals surface area contributed by atoms with Gasteiger partial charge in [-0.05, 0) is 62.4 Å². The zero-order chi connectivity index (χ0) is 20.5. The van der Waals surface area contributed by atoms with E-state index in [0.29, 0.717) is 29.8 Å². The Morgan fingerprint density at radius 1 is 1.04 bits per heavy atom. The van der Waals surface area contributed by atoms with Crippen molar-refractivity contribution >= 4 is 25.7 Å². The number of benzene rings is 2. The number of hydrogen-bond acceptors (Lipinski definition) is 4. The summed E-state index contributed by atoms with van der Waals surface area (Å²) in [4.78, 5) is 0.202. The number of anilines is 1. The molecule has 6 nitrogen and oxygen atoms in total. The Morgan fingerprint density at radius 3 is 2.21 bits per heavy atom. The first-order valence-corrected chi connectivity index (χ1v) is 12.4. The molecule has 2 aromatic rings. The molecule has 0 bridgehead atoms. The van der Waals surface area contributed by atoms with E-state index in [2.05, 4.69) is 4.72 Å². The summed E-state index contributed by atoms with van der Waals surface area (Å²) in [6, 6.07) is 12.3. The lowest BCUT2D eigenvalue weighted by atomic mass is 10.1. The smallest absolute Gasteiger partial charge is 0.241 e. The fourth-order valence-electron chi connectivity index (χ4n) is 3.68. The average molecular weight is 423 g/mol. The van der Waals surface area contributed by atoms with Crippen molar-refractivity contribution in [3.05, 3.63) is 59.2 Å². The van der Waals surface area contributed by atoms with Gasteiger partial charge in [0.25, 0.3) is 0 Å². The summed E-state index contributed by atoms with van der Waals surface area (Å²) in [5.74, 6) is 0.126. The monoisotopic (exact) mass is 422 g/mol. The van der Waals surface area contributed by atoms with Crippen LogP contribution in [-0.4, -0.2) is 29.1 Å². The number of rotatable bonds is 5. The zero-order valence-corrected chi connectivity index (χ0v) is 18.0. The molecule has 0 aliphatic carbocycles. The van der Waals surface area contributed by atoms with Crippen molar-refractivity contribution < 1.29 is 16.8 Å². The number of hydrogen-bond donors (Lipinski definition) is 1. The average Bonchev–Trinajstić information content (AvgIpc) is 2.60. The quantitative estimate of drug-likeness (QED) is 0.802. The molecule has 1 unspecified atom stereocenters. The van der Waals surface area contributed by atoms with Gasteiger partial charge in [-0.2, -0.15) is 0 Å². The molecular weight excluding hydrogens is 396 g/mol. The molecule has 0 saturated carbocycles. The van der Waals surface area contributed by atoms with Crippen LogP contribution in [0.4, 0.5) is 5.69 Å². The number of aryl methyl sites for hydroxylation is 2. The predicted octanol–water partition coefficient (Wildman–Crippen LogP) is 3.27. The van der Waals surface area contributed by atoms with E-state index < -0.39 is 20.0 Å². The SMILES string of the molecule is Cc1cc(N2CCCCS2(=O)=O)cc(C)c1S(=O)(=O)NC(C)c1ccccc1. The van der Waals surface area contributed by atoms with Gasteiger partial charge in [-0.15, -0.1) is 0 Å². The molecular formula is C20H26N2O4S2. The van der Waals surface area contributed by atoms with Crippen molar-refractivity contribution in [1.29, 1.82) is 0 Å². The molecule has 28 heavy (non-hydrogen) atoms. The Bertz CT molecular complexity index is 1040. The predicted molar refractivity (Wildman–Crippen MR) is 111 cm³/mol. The number of nitrogens with zero attached hydrogens (tertiary/aromatic N) is 1. The largest absolute Gasteiger partial charge is 0.270 e. The van der Waals surface area contributed by atoms with Crippen molar-refractivity contribution in [2.75, 3.05) is 16.6 Å². The number of nitrogens with one attached hydrogen (secondary N) is 1. The Labute approximate surface area is 167 Å². The van der Waals surface area contributed by atoms with Gasteiger partial charge in [0, 0.05) is 12.6 Å². The maximum atomic E-state index is 13.0. The van der Waals surface area contributed by atoms with E-state index in [4.69, 9.17) is 0 Å². The van der Waals surface area contributed by atoms with Gasteiger partial charge in [-0.3, -0.25) is 4.31 Å². The van der Waals surface area contributed by atoms with Gasteiger partial charge >= 0.3 is 0 Å². The van der Waals surface area contributed by atoms with Crippen molar-refractivity contribution in [1.82, 2.24) is 4.72 Å². The van der Waals surface area contributed by atoms with Crippen LogP contribution in [0.3, 0.4) is 0 Å². The molecule has 0 radical (unpaired) electrons. The van der Waals surface area contributed by atoms with Gasteiger partial charge in [-0.25, -0.2) is 21.6 Å². The molecule has 1 atom stereocenters. The van der Waals surface area contributed by atoms with E-state index in [0.717, 1.165) is 12.0 Å². The molecule has 3 rings (SSSR count). The number of sulfonamides is 2. The molecule has 8 heteroatoms. The van der Waals surface area contributed by atoms with Crippen molar-refractivity contribution in [3.63, 3.8) is 0 Å². The maximum Gasteiger partial charge on any atom is 0.241 e. The second kappa shape index (κ2) is 7.85. The van der Waals surface area contributed by atoms with E-state index in [9.17, 15) is 16.8 Å². The summed E-state index contributed by atoms with van der Waals surface area (Å²) in [7, 11) is -7.11. The summed E-state index contributed by atoms with van der Waals surface area (Å²) in [5.41, 5.74) is 2.47. The highest BCUT2D eigenvalue weighted by molar-refractivity contribution is 7.92. The molecule has 1 N–H and O–H groups in total. The first kappa shape index (κ1) is 20.8. The van der Waals surface area contributed by atoms with Crippen LogP contribution in [0.5, 0.6) is 0 Å². The molecule has 0 amide bonds. The molecule has 1 aliphatic heterocycles. The molecule has 152 valence electrons. The highest BCUT2D eigenvalue weighted by Gasteiger charge is 2.29. The van der Waals surface area contributed by atoms with Crippen molar-refractivity contribution in [2.45, 2.75) is 44.6 Å². The summed E-state index contributed by atoms with van der Waals surface area (Å²) in [5, 5.41) is 0. The standard InChI is InChI=1S/C20H26N2O4S2/c1-15-13-19(22-11-7-8-12-27(22,23)24)14-16(2)20(15)28(25,26)21-17(3)18-9-5-4-6-10-18/h4-6,9-10,13-14,17,21H,7-8,11-12H2,1-3H3. The third kappa shape index (κ3) is 4.24. The molecule has 1 aliphatic rings.